The van der Waals surface area contributed by atoms with Crippen LogP contribution in [-0.2, 0) is 20.0 Å². The van der Waals surface area contributed by atoms with Crippen molar-refractivity contribution in [2.24, 2.45) is 0 Å². The molecule has 2 unspecified atom stereocenters. The van der Waals surface area contributed by atoms with E-state index >= 15 is 0 Å². The van der Waals surface area contributed by atoms with E-state index in [1.807, 2.05) is 13.8 Å². The molecule has 2 saturated heterocycles. The summed E-state index contributed by atoms with van der Waals surface area (Å²) in [6.45, 7) is 5.10. The molecular weight excluding hydrogens is 468 g/mol. The van der Waals surface area contributed by atoms with Gasteiger partial charge in [-0.3, -0.25) is 0 Å². The molecule has 0 aliphatic carbocycles. The molecule has 2 atom stereocenters. The van der Waals surface area contributed by atoms with Gasteiger partial charge in [-0.1, -0.05) is 49.9 Å². The number of benzene rings is 2. The summed E-state index contributed by atoms with van der Waals surface area (Å²) in [5.74, 6) is 0. The average Bonchev–Trinajstić information content (AvgIpc) is 3.19. The van der Waals surface area contributed by atoms with E-state index in [0.717, 1.165) is 62.5 Å². The van der Waals surface area contributed by atoms with E-state index in [1.54, 1.807) is 57.1 Å². The predicted molar refractivity (Wildman–Crippen MR) is 136 cm³/mol. The summed E-state index contributed by atoms with van der Waals surface area (Å²) >= 11 is 0. The van der Waals surface area contributed by atoms with Crippen LogP contribution >= 0.6 is 0 Å². The lowest BCUT2D eigenvalue weighted by Crippen LogP contribution is -2.38. The minimum atomic E-state index is -3.53. The summed E-state index contributed by atoms with van der Waals surface area (Å²) in [5, 5.41) is 0. The van der Waals surface area contributed by atoms with E-state index in [2.05, 4.69) is 0 Å². The van der Waals surface area contributed by atoms with Crippen molar-refractivity contribution in [1.29, 1.82) is 0 Å². The van der Waals surface area contributed by atoms with Gasteiger partial charge in [0.05, 0.1) is 9.79 Å². The van der Waals surface area contributed by atoms with Crippen LogP contribution in [0.1, 0.15) is 65.2 Å². The molecule has 2 heterocycles. The third-order valence-electron chi connectivity index (χ3n) is 7.24. The van der Waals surface area contributed by atoms with Crippen LogP contribution in [0.25, 0.3) is 11.1 Å². The number of rotatable bonds is 5. The van der Waals surface area contributed by atoms with Gasteiger partial charge in [-0.2, -0.15) is 8.61 Å². The second kappa shape index (κ2) is 10.5. The standard InChI is InChI=1S/C26H36N2O4S2/c1-21-9-5-3-7-19-27(21)33(29,30)25-15-11-23(12-16-25)24-13-17-26(18-14-24)34(31,32)28-20-8-4-6-10-22(28)2/h11-18,21-22H,3-10,19-20H2,1-2H3. The summed E-state index contributed by atoms with van der Waals surface area (Å²) in [7, 11) is -7.06. The Morgan fingerprint density at radius 2 is 0.912 bits per heavy atom. The molecule has 2 aromatic rings. The molecule has 0 radical (unpaired) electrons. The monoisotopic (exact) mass is 504 g/mol. The Labute approximate surface area is 205 Å². The first kappa shape index (κ1) is 25.4. The van der Waals surface area contributed by atoms with Crippen molar-refractivity contribution in [3.63, 3.8) is 0 Å². The number of hydrogen-bond donors (Lipinski definition) is 0. The Morgan fingerprint density at radius 1 is 0.559 bits per heavy atom. The van der Waals surface area contributed by atoms with Gasteiger partial charge < -0.3 is 0 Å². The molecule has 186 valence electrons. The van der Waals surface area contributed by atoms with Crippen LogP contribution in [0.4, 0.5) is 0 Å². The zero-order chi connectivity index (χ0) is 24.3. The quantitative estimate of drug-likeness (QED) is 0.557. The third kappa shape index (κ3) is 5.25. The minimum Gasteiger partial charge on any atom is -0.207 e. The second-order valence-corrected chi connectivity index (χ2v) is 13.5. The van der Waals surface area contributed by atoms with Crippen LogP contribution < -0.4 is 0 Å². The topological polar surface area (TPSA) is 74.8 Å². The Balaban J connectivity index is 1.53. The SMILES string of the molecule is CC1CCCCCN1S(=O)(=O)c1ccc(-c2ccc(S(=O)(=O)N3CCCCCC3C)cc2)cc1. The first-order chi connectivity index (χ1) is 16.2. The van der Waals surface area contributed by atoms with E-state index in [9.17, 15) is 16.8 Å². The van der Waals surface area contributed by atoms with Crippen LogP contribution in [-0.4, -0.2) is 50.6 Å². The Bertz CT molecular complexity index is 1080. The molecule has 4 rings (SSSR count). The number of hydrogen-bond acceptors (Lipinski definition) is 4. The van der Waals surface area contributed by atoms with Gasteiger partial charge in [-0.05, 0) is 74.9 Å². The number of nitrogens with zero attached hydrogens (tertiary/aromatic N) is 2. The van der Waals surface area contributed by atoms with Crippen molar-refractivity contribution < 1.29 is 16.8 Å². The fraction of sp³-hybridized carbons (Fsp3) is 0.538. The minimum absolute atomic E-state index is 0.00795. The maximum atomic E-state index is 13.2. The molecule has 2 aromatic carbocycles. The molecule has 2 aliphatic heterocycles. The summed E-state index contributed by atoms with van der Waals surface area (Å²) in [4.78, 5) is 0.610. The van der Waals surface area contributed by atoms with Crippen molar-refractivity contribution in [2.75, 3.05) is 13.1 Å². The van der Waals surface area contributed by atoms with Gasteiger partial charge in [-0.15, -0.1) is 0 Å². The Hall–Kier alpha value is -1.74. The normalized spacial score (nSPS) is 23.8. The molecule has 0 bridgehead atoms. The highest BCUT2D eigenvalue weighted by atomic mass is 32.2. The molecule has 2 fully saturated rings. The van der Waals surface area contributed by atoms with Crippen LogP contribution in [0, 0.1) is 0 Å². The molecule has 8 heteroatoms. The Kier molecular flexibility index (Phi) is 7.82. The van der Waals surface area contributed by atoms with Crippen molar-refractivity contribution in [1.82, 2.24) is 8.61 Å². The fourth-order valence-corrected chi connectivity index (χ4v) is 8.52. The molecule has 0 N–H and O–H groups in total. The van der Waals surface area contributed by atoms with Crippen LogP contribution in [0.5, 0.6) is 0 Å². The smallest absolute Gasteiger partial charge is 0.207 e. The van der Waals surface area contributed by atoms with Gasteiger partial charge in [-0.25, -0.2) is 16.8 Å². The first-order valence-corrected chi connectivity index (χ1v) is 15.3. The van der Waals surface area contributed by atoms with E-state index in [4.69, 9.17) is 0 Å². The van der Waals surface area contributed by atoms with Crippen molar-refractivity contribution in [3.05, 3.63) is 48.5 Å². The van der Waals surface area contributed by atoms with E-state index in [1.165, 1.54) is 0 Å². The lowest BCUT2D eigenvalue weighted by atomic mass is 10.1. The van der Waals surface area contributed by atoms with Crippen molar-refractivity contribution in [2.45, 2.75) is 87.1 Å². The van der Waals surface area contributed by atoms with E-state index in [0.29, 0.717) is 22.9 Å². The Morgan fingerprint density at radius 3 is 1.26 bits per heavy atom. The van der Waals surface area contributed by atoms with Crippen molar-refractivity contribution >= 4 is 20.0 Å². The zero-order valence-corrected chi connectivity index (χ0v) is 21.8. The van der Waals surface area contributed by atoms with Gasteiger partial charge in [0.2, 0.25) is 20.0 Å². The largest absolute Gasteiger partial charge is 0.243 e. The summed E-state index contributed by atoms with van der Waals surface area (Å²) in [6.07, 6.45) is 7.84. The average molecular weight is 505 g/mol. The van der Waals surface area contributed by atoms with Crippen LogP contribution in [0.15, 0.2) is 58.3 Å². The predicted octanol–water partition coefficient (Wildman–Crippen LogP) is 5.26. The lowest BCUT2D eigenvalue weighted by Gasteiger charge is -2.26. The molecular formula is C26H36N2O4S2. The van der Waals surface area contributed by atoms with Crippen molar-refractivity contribution in [3.8, 4) is 11.1 Å². The molecule has 0 saturated carbocycles. The van der Waals surface area contributed by atoms with Crippen LogP contribution in [0.2, 0.25) is 0 Å². The molecule has 34 heavy (non-hydrogen) atoms. The van der Waals surface area contributed by atoms with Gasteiger partial charge >= 0.3 is 0 Å². The molecule has 0 spiro atoms. The zero-order valence-electron chi connectivity index (χ0n) is 20.2. The molecule has 6 nitrogen and oxygen atoms in total. The molecule has 0 aromatic heterocycles. The number of sulfonamides is 2. The molecule has 0 amide bonds. The van der Waals surface area contributed by atoms with Crippen LogP contribution in [0.3, 0.4) is 0 Å². The van der Waals surface area contributed by atoms with Gasteiger partial charge in [0.1, 0.15) is 0 Å². The highest BCUT2D eigenvalue weighted by Gasteiger charge is 2.31. The van der Waals surface area contributed by atoms with Gasteiger partial charge in [0.15, 0.2) is 0 Å². The second-order valence-electron chi connectivity index (χ2n) is 9.68. The summed E-state index contributed by atoms with van der Waals surface area (Å²) < 4.78 is 56.1. The lowest BCUT2D eigenvalue weighted by molar-refractivity contribution is 0.341. The van der Waals surface area contributed by atoms with E-state index in [-0.39, 0.29) is 12.1 Å². The van der Waals surface area contributed by atoms with E-state index < -0.39 is 20.0 Å². The van der Waals surface area contributed by atoms with Gasteiger partial charge in [0.25, 0.3) is 0 Å². The summed E-state index contributed by atoms with van der Waals surface area (Å²) in [6, 6.07) is 13.9. The fourth-order valence-electron chi connectivity index (χ4n) is 5.12. The maximum absolute atomic E-state index is 13.2. The maximum Gasteiger partial charge on any atom is 0.243 e. The first-order valence-electron chi connectivity index (χ1n) is 12.5. The summed E-state index contributed by atoms with van der Waals surface area (Å²) in [5.41, 5.74) is 1.71. The van der Waals surface area contributed by atoms with Gasteiger partial charge in [0, 0.05) is 25.2 Å². The highest BCUT2D eigenvalue weighted by molar-refractivity contribution is 7.89. The molecule has 2 aliphatic rings. The third-order valence-corrected chi connectivity index (χ3v) is 11.3. The highest BCUT2D eigenvalue weighted by Crippen LogP contribution is 2.29.